The van der Waals surface area contributed by atoms with E-state index < -0.39 is 15.6 Å². The highest BCUT2D eigenvalue weighted by Crippen LogP contribution is 2.20. The first kappa shape index (κ1) is 29.5. The van der Waals surface area contributed by atoms with Crippen molar-refractivity contribution in [2.24, 2.45) is 0 Å². The second kappa shape index (κ2) is 7.90. The molecule has 0 rings (SSSR count). The van der Waals surface area contributed by atoms with Gasteiger partial charge in [0.25, 0.3) is 0 Å². The summed E-state index contributed by atoms with van der Waals surface area (Å²) in [6.45, 7) is 0. The second-order valence-electron chi connectivity index (χ2n) is 0.921. The van der Waals surface area contributed by atoms with Crippen LogP contribution in [-0.4, -0.2) is 18.5 Å². The topological polar surface area (TPSA) is 84.9 Å². The lowest BCUT2D eigenvalue weighted by atomic mass is 11.6. The van der Waals surface area contributed by atoms with E-state index in [1.54, 1.807) is 0 Å². The molecule has 0 saturated carbocycles. The molecule has 0 saturated heterocycles. The Bertz CT molecular complexity index is 178. The van der Waals surface area contributed by atoms with E-state index in [1.807, 2.05) is 0 Å². The minimum atomic E-state index is -5.84. The number of hydrogen-bond acceptors (Lipinski definition) is 2. The molecule has 12 heavy (non-hydrogen) atoms. The standard InChI is InChI=1S/CHF3O3S.3ClH.N/c2-1(3,4)8(5,6)7;;;;/h(H,5,6,7);3*1H;/q;;;;+3/p-3. The van der Waals surface area contributed by atoms with E-state index in [2.05, 4.69) is 0 Å². The van der Waals surface area contributed by atoms with E-state index in [9.17, 15) is 13.2 Å². The van der Waals surface area contributed by atoms with Crippen molar-refractivity contribution in [1.29, 1.82) is 0 Å². The third-order valence-corrected chi connectivity index (χ3v) is 0.877. The molecule has 0 spiro atoms. The van der Waals surface area contributed by atoms with Crippen LogP contribution in [0.1, 0.15) is 0 Å². The monoisotopic (exact) mass is 269 g/mol. The lowest BCUT2D eigenvalue weighted by molar-refractivity contribution is -0.0510. The van der Waals surface area contributed by atoms with Crippen molar-refractivity contribution < 1.29 is 63.4 Å². The van der Waals surface area contributed by atoms with E-state index in [4.69, 9.17) is 13.0 Å². The maximum Gasteiger partial charge on any atom is 3.00 e. The highest BCUT2D eigenvalue weighted by molar-refractivity contribution is 7.86. The molecule has 1 N–H and O–H groups in total. The van der Waals surface area contributed by atoms with Crippen molar-refractivity contribution in [2.45, 2.75) is 5.51 Å². The molecule has 0 amide bonds. The van der Waals surface area contributed by atoms with Gasteiger partial charge >= 0.3 is 21.8 Å². The Balaban J connectivity index is -0.0000000408. The summed E-state index contributed by atoms with van der Waals surface area (Å²) in [7, 11) is -5.84. The number of rotatable bonds is 0. The normalized spacial score (nSPS) is 9.33. The molecule has 76 valence electrons. The van der Waals surface area contributed by atoms with Crippen LogP contribution >= 0.6 is 0 Å². The molecule has 2 radical (unpaired) electrons. The zero-order valence-electron chi connectivity index (χ0n) is 4.89. The highest BCUT2D eigenvalue weighted by Gasteiger charge is 3.00. The van der Waals surface area contributed by atoms with Gasteiger partial charge in [-0.05, 0) is 0 Å². The fraction of sp³-hybridized carbons (Fsp3) is 1.00. The molecule has 0 heterocycles. The van der Waals surface area contributed by atoms with Gasteiger partial charge < -0.3 is 37.2 Å². The van der Waals surface area contributed by atoms with E-state index >= 15 is 0 Å². The fourth-order valence-electron chi connectivity index (χ4n) is 0. The third kappa shape index (κ3) is 10.3. The van der Waals surface area contributed by atoms with Crippen LogP contribution in [0.2, 0.25) is 0 Å². The Kier molecular flexibility index (Phi) is 19.4. The minimum Gasteiger partial charge on any atom is -1.00 e. The summed E-state index contributed by atoms with van der Waals surface area (Å²) in [5.74, 6) is 0. The SMILES string of the molecule is O=S(=O)(O)C(F)(F)F.[Cl-].[Cl-].[Cl-].[N+3]. The predicted molar refractivity (Wildman–Crippen MR) is 19.7 cm³/mol. The number of halogens is 6. The Morgan fingerprint density at radius 1 is 1.00 bits per heavy atom. The van der Waals surface area contributed by atoms with Crippen molar-refractivity contribution in [3.05, 3.63) is 0 Å². The summed E-state index contributed by atoms with van der Waals surface area (Å²) in [6, 6.07) is 0. The summed E-state index contributed by atoms with van der Waals surface area (Å²) in [5, 5.41) is 0. The number of nitrogens with zero attached hydrogens (tertiary/aromatic N) is 1. The van der Waals surface area contributed by atoms with E-state index in [1.165, 1.54) is 0 Å². The van der Waals surface area contributed by atoms with Gasteiger partial charge in [0.1, 0.15) is 0 Å². The molecule has 4 nitrogen and oxygen atoms in total. The van der Waals surface area contributed by atoms with Crippen LogP contribution in [0.4, 0.5) is 13.2 Å². The van der Waals surface area contributed by atoms with Crippen molar-refractivity contribution in [3.63, 3.8) is 0 Å². The molecule has 0 aromatic rings. The maximum absolute atomic E-state index is 10.7. The number of alkyl halides is 3. The van der Waals surface area contributed by atoms with Crippen LogP contribution in [0.3, 0.4) is 0 Å². The van der Waals surface area contributed by atoms with E-state index in [0.29, 0.717) is 0 Å². The summed E-state index contributed by atoms with van der Waals surface area (Å²) in [4.78, 5) is 0. The van der Waals surface area contributed by atoms with E-state index in [-0.39, 0.29) is 43.4 Å². The third-order valence-electron chi connectivity index (χ3n) is 0.292. The largest absolute Gasteiger partial charge is 3.00 e. The van der Waals surface area contributed by atoms with Crippen LogP contribution < -0.4 is 43.4 Å². The molecule has 0 bridgehead atoms. The Morgan fingerprint density at radius 3 is 1.08 bits per heavy atom. The lowest BCUT2D eigenvalue weighted by Gasteiger charge is -1.97. The van der Waals surface area contributed by atoms with Crippen LogP contribution in [0, 0.1) is 0 Å². The lowest BCUT2D eigenvalue weighted by Crippen LogP contribution is -3.00. The first-order valence-corrected chi connectivity index (χ1v) is 2.73. The zero-order chi connectivity index (χ0) is 7.00. The van der Waals surface area contributed by atoms with Crippen molar-refractivity contribution in [1.82, 2.24) is 6.15 Å². The smallest absolute Gasteiger partial charge is 1.00 e. The summed E-state index contributed by atoms with van der Waals surface area (Å²) < 4.78 is 57.5. The van der Waals surface area contributed by atoms with Crippen LogP contribution in [0.25, 0.3) is 0 Å². The van der Waals surface area contributed by atoms with E-state index in [0.717, 1.165) is 0 Å². The van der Waals surface area contributed by atoms with Crippen molar-refractivity contribution >= 4 is 10.1 Å². The van der Waals surface area contributed by atoms with Gasteiger partial charge in [-0.25, -0.2) is 0 Å². The summed E-state index contributed by atoms with van der Waals surface area (Å²) >= 11 is 0. The first-order chi connectivity index (χ1) is 3.25. The molecule has 11 heteroatoms. The van der Waals surface area contributed by atoms with Crippen LogP contribution in [0.5, 0.6) is 0 Å². The highest BCUT2D eigenvalue weighted by atomic mass is 35.5. The van der Waals surface area contributed by atoms with Crippen LogP contribution in [-0.2, 0) is 10.1 Å². The summed E-state index contributed by atoms with van der Waals surface area (Å²) in [5.41, 5.74) is -5.53. The minimum absolute atomic E-state index is 0. The quantitative estimate of drug-likeness (QED) is 0.350. The van der Waals surface area contributed by atoms with Crippen molar-refractivity contribution in [2.75, 3.05) is 0 Å². The Labute approximate surface area is 85.5 Å². The van der Waals surface area contributed by atoms with Gasteiger partial charge in [0, 0.05) is 0 Å². The van der Waals surface area contributed by atoms with Crippen molar-refractivity contribution in [3.8, 4) is 0 Å². The molecule has 0 aromatic carbocycles. The van der Waals surface area contributed by atoms with Gasteiger partial charge in [-0.1, -0.05) is 0 Å². The van der Waals surface area contributed by atoms with Gasteiger partial charge in [0.05, 0.1) is 0 Å². The van der Waals surface area contributed by atoms with Gasteiger partial charge in [0.15, 0.2) is 0 Å². The molecule has 0 atom stereocenters. The van der Waals surface area contributed by atoms with Gasteiger partial charge in [0.2, 0.25) is 0 Å². The maximum atomic E-state index is 10.7. The number of hydrogen-bond donors (Lipinski definition) is 1. The molecule has 0 aliphatic heterocycles. The fourth-order valence-corrected chi connectivity index (χ4v) is 0. The average Bonchev–Trinajstić information content (AvgIpc) is 1.25. The molecule has 0 fully saturated rings. The summed E-state index contributed by atoms with van der Waals surface area (Å²) in [6.07, 6.45) is 0. The molecule has 0 aliphatic rings. The molecular weight excluding hydrogens is 269 g/mol. The van der Waals surface area contributed by atoms with Gasteiger partial charge in [-0.2, -0.15) is 21.6 Å². The Morgan fingerprint density at radius 2 is 1.08 bits per heavy atom. The molecule has 0 aliphatic carbocycles. The molecular formula is CHCl3F3NO3S. The average molecular weight is 270 g/mol. The second-order valence-corrected chi connectivity index (χ2v) is 2.33. The predicted octanol–water partition coefficient (Wildman–Crippen LogP) is -9.07. The zero-order valence-corrected chi connectivity index (χ0v) is 7.97. The molecule has 0 unspecified atom stereocenters. The van der Waals surface area contributed by atoms with Crippen LogP contribution in [0.15, 0.2) is 0 Å². The van der Waals surface area contributed by atoms with Gasteiger partial charge in [-0.3, -0.25) is 4.55 Å². The Hall–Kier alpha value is 0.280. The first-order valence-electron chi connectivity index (χ1n) is 1.29. The molecule has 0 aromatic heterocycles. The van der Waals surface area contributed by atoms with Gasteiger partial charge in [-0.15, -0.1) is 0 Å².